The van der Waals surface area contributed by atoms with E-state index in [1.165, 1.54) is 6.07 Å². The Hall–Kier alpha value is -1.59. The van der Waals surface area contributed by atoms with Crippen LogP contribution in [0, 0.1) is 0 Å². The number of rotatable bonds is 5. The van der Waals surface area contributed by atoms with Gasteiger partial charge in [-0.25, -0.2) is 0 Å². The summed E-state index contributed by atoms with van der Waals surface area (Å²) in [5.74, 6) is 0.746. The van der Waals surface area contributed by atoms with Crippen LogP contribution in [0.4, 0.5) is 0 Å². The molecule has 6 heteroatoms. The van der Waals surface area contributed by atoms with Gasteiger partial charge in [-0.3, -0.25) is 0 Å². The minimum atomic E-state index is -0.205. The molecule has 5 nitrogen and oxygen atoms in total. The molecular weight excluding hydrogens is 268 g/mol. The molecule has 2 aromatic rings. The lowest BCUT2D eigenvalue weighted by Gasteiger charge is -2.09. The van der Waals surface area contributed by atoms with Crippen molar-refractivity contribution in [2.45, 2.75) is 26.4 Å². The third-order valence-corrected chi connectivity index (χ3v) is 2.89. The molecule has 1 N–H and O–H groups in total. The molecule has 0 aliphatic heterocycles. The van der Waals surface area contributed by atoms with E-state index in [-0.39, 0.29) is 17.7 Å². The summed E-state index contributed by atoms with van der Waals surface area (Å²) in [6.07, 6.45) is 0.540. The maximum atomic E-state index is 9.78. The molecule has 1 heterocycles. The zero-order valence-electron chi connectivity index (χ0n) is 10.8. The summed E-state index contributed by atoms with van der Waals surface area (Å²) in [4.78, 5) is 4.25. The van der Waals surface area contributed by atoms with E-state index in [4.69, 9.17) is 20.9 Å². The maximum absolute atomic E-state index is 9.78. The number of benzene rings is 1. The fraction of sp³-hybridized carbons (Fsp3) is 0.385. The number of phenolic OH excluding ortho intramolecular Hbond substituents is 1. The number of aromatic hydroxyl groups is 1. The summed E-state index contributed by atoms with van der Waals surface area (Å²) >= 11 is 5.89. The van der Waals surface area contributed by atoms with E-state index in [9.17, 15) is 5.11 Å². The second-order valence-corrected chi connectivity index (χ2v) is 4.41. The van der Waals surface area contributed by atoms with Gasteiger partial charge in [0.05, 0.1) is 5.56 Å². The predicted molar refractivity (Wildman–Crippen MR) is 71.1 cm³/mol. The van der Waals surface area contributed by atoms with Crippen LogP contribution in [0.2, 0.25) is 5.02 Å². The molecule has 0 spiro atoms. The third kappa shape index (κ3) is 3.05. The fourth-order valence-electron chi connectivity index (χ4n) is 1.73. The van der Waals surface area contributed by atoms with Crippen molar-refractivity contribution in [2.75, 3.05) is 6.61 Å². The lowest BCUT2D eigenvalue weighted by atomic mass is 10.2. The first kappa shape index (κ1) is 13.8. The first-order chi connectivity index (χ1) is 9.15. The lowest BCUT2D eigenvalue weighted by molar-refractivity contribution is 0.0518. The Balaban J connectivity index is 2.32. The number of ether oxygens (including phenoxy) is 1. The molecule has 0 radical (unpaired) electrons. The standard InChI is InChI=1S/C13H15ClN2O3/c1-3-11(18-4-2)12-15-13(19-16-12)9-7-8(14)5-6-10(9)17/h5-7,11,17H,3-4H2,1-2H3. The highest BCUT2D eigenvalue weighted by atomic mass is 35.5. The summed E-state index contributed by atoms with van der Waals surface area (Å²) in [5, 5.41) is 14.2. The van der Waals surface area contributed by atoms with Crippen LogP contribution in [0.3, 0.4) is 0 Å². The summed E-state index contributed by atoms with van der Waals surface area (Å²) in [6, 6.07) is 4.66. The highest BCUT2D eigenvalue weighted by Gasteiger charge is 2.19. The van der Waals surface area contributed by atoms with Gasteiger partial charge >= 0.3 is 0 Å². The number of aromatic nitrogens is 2. The Morgan fingerprint density at radius 2 is 2.21 bits per heavy atom. The third-order valence-electron chi connectivity index (χ3n) is 2.66. The average molecular weight is 283 g/mol. The summed E-state index contributed by atoms with van der Waals surface area (Å²) in [6.45, 7) is 4.46. The number of nitrogens with zero attached hydrogens (tertiary/aromatic N) is 2. The van der Waals surface area contributed by atoms with E-state index < -0.39 is 0 Å². The topological polar surface area (TPSA) is 68.4 Å². The Morgan fingerprint density at radius 1 is 1.42 bits per heavy atom. The molecule has 1 aromatic carbocycles. The van der Waals surface area contributed by atoms with Gasteiger partial charge in [0.15, 0.2) is 0 Å². The van der Waals surface area contributed by atoms with Crippen molar-refractivity contribution in [1.29, 1.82) is 0 Å². The zero-order chi connectivity index (χ0) is 13.8. The zero-order valence-corrected chi connectivity index (χ0v) is 11.5. The van der Waals surface area contributed by atoms with E-state index in [1.54, 1.807) is 12.1 Å². The predicted octanol–water partition coefficient (Wildman–Crippen LogP) is 3.58. The molecule has 0 fully saturated rings. The SMILES string of the molecule is CCOC(CC)c1noc(-c2cc(Cl)ccc2O)n1. The van der Waals surface area contributed by atoms with Crippen molar-refractivity contribution in [3.8, 4) is 17.2 Å². The lowest BCUT2D eigenvalue weighted by Crippen LogP contribution is -2.04. The largest absolute Gasteiger partial charge is 0.507 e. The van der Waals surface area contributed by atoms with Crippen LogP contribution in [0.1, 0.15) is 32.2 Å². The summed E-state index contributed by atoms with van der Waals surface area (Å²) in [7, 11) is 0. The van der Waals surface area contributed by atoms with Crippen molar-refractivity contribution in [1.82, 2.24) is 10.1 Å². The van der Waals surface area contributed by atoms with Crippen molar-refractivity contribution < 1.29 is 14.4 Å². The van der Waals surface area contributed by atoms with Crippen LogP contribution in [0.5, 0.6) is 5.75 Å². The van der Waals surface area contributed by atoms with E-state index in [0.29, 0.717) is 23.0 Å². The van der Waals surface area contributed by atoms with E-state index in [0.717, 1.165) is 6.42 Å². The highest BCUT2D eigenvalue weighted by molar-refractivity contribution is 6.30. The Morgan fingerprint density at radius 3 is 2.89 bits per heavy atom. The van der Waals surface area contributed by atoms with Crippen molar-refractivity contribution in [3.63, 3.8) is 0 Å². The first-order valence-electron chi connectivity index (χ1n) is 6.09. The molecule has 0 aliphatic carbocycles. The van der Waals surface area contributed by atoms with Crippen LogP contribution in [-0.2, 0) is 4.74 Å². The van der Waals surface area contributed by atoms with Gasteiger partial charge in [-0.2, -0.15) is 4.98 Å². The normalized spacial score (nSPS) is 12.6. The van der Waals surface area contributed by atoms with Gasteiger partial charge < -0.3 is 14.4 Å². The van der Waals surface area contributed by atoms with Crippen LogP contribution < -0.4 is 0 Å². The monoisotopic (exact) mass is 282 g/mol. The second-order valence-electron chi connectivity index (χ2n) is 3.97. The van der Waals surface area contributed by atoms with Gasteiger partial charge in [0, 0.05) is 11.6 Å². The maximum Gasteiger partial charge on any atom is 0.261 e. The Labute approximate surface area is 116 Å². The summed E-state index contributed by atoms with van der Waals surface area (Å²) < 4.78 is 10.7. The van der Waals surface area contributed by atoms with E-state index in [2.05, 4.69) is 10.1 Å². The molecule has 0 saturated heterocycles. The fourth-order valence-corrected chi connectivity index (χ4v) is 1.90. The average Bonchev–Trinajstić information content (AvgIpc) is 2.88. The smallest absolute Gasteiger partial charge is 0.261 e. The molecular formula is C13H15ClN2O3. The quantitative estimate of drug-likeness (QED) is 0.908. The molecule has 19 heavy (non-hydrogen) atoms. The molecule has 1 aromatic heterocycles. The molecule has 1 atom stereocenters. The molecule has 0 bridgehead atoms. The number of phenols is 1. The number of hydrogen-bond donors (Lipinski definition) is 1. The van der Waals surface area contributed by atoms with Gasteiger partial charge in [-0.15, -0.1) is 0 Å². The number of halogens is 1. The highest BCUT2D eigenvalue weighted by Crippen LogP contribution is 2.31. The molecule has 0 amide bonds. The van der Waals surface area contributed by atoms with Crippen molar-refractivity contribution >= 4 is 11.6 Å². The Bertz CT molecular complexity index is 557. The molecule has 0 saturated carbocycles. The first-order valence-corrected chi connectivity index (χ1v) is 6.47. The minimum Gasteiger partial charge on any atom is -0.507 e. The van der Waals surface area contributed by atoms with Gasteiger partial charge in [-0.05, 0) is 31.5 Å². The van der Waals surface area contributed by atoms with Crippen molar-refractivity contribution in [2.24, 2.45) is 0 Å². The minimum absolute atomic E-state index is 0.0454. The van der Waals surface area contributed by atoms with Crippen LogP contribution in [0.15, 0.2) is 22.7 Å². The van der Waals surface area contributed by atoms with Gasteiger partial charge in [0.1, 0.15) is 11.9 Å². The van der Waals surface area contributed by atoms with Gasteiger partial charge in [0.25, 0.3) is 5.89 Å². The second kappa shape index (κ2) is 6.04. The summed E-state index contributed by atoms with van der Waals surface area (Å²) in [5.41, 5.74) is 0.414. The van der Waals surface area contributed by atoms with Gasteiger partial charge in [0.2, 0.25) is 5.82 Å². The van der Waals surface area contributed by atoms with Crippen LogP contribution in [-0.4, -0.2) is 21.9 Å². The van der Waals surface area contributed by atoms with E-state index in [1.807, 2.05) is 13.8 Å². The molecule has 102 valence electrons. The van der Waals surface area contributed by atoms with E-state index >= 15 is 0 Å². The van der Waals surface area contributed by atoms with Crippen LogP contribution >= 0.6 is 11.6 Å². The Kier molecular flexibility index (Phi) is 4.39. The van der Waals surface area contributed by atoms with Crippen LogP contribution in [0.25, 0.3) is 11.5 Å². The molecule has 0 aliphatic rings. The van der Waals surface area contributed by atoms with Gasteiger partial charge in [-0.1, -0.05) is 23.7 Å². The van der Waals surface area contributed by atoms with Crippen molar-refractivity contribution in [3.05, 3.63) is 29.0 Å². The molecule has 2 rings (SSSR count). The molecule has 1 unspecified atom stereocenters. The number of hydrogen-bond acceptors (Lipinski definition) is 5.